The smallest absolute Gasteiger partial charge is 0.326 e. The third-order valence-corrected chi connectivity index (χ3v) is 7.44. The van der Waals surface area contributed by atoms with Gasteiger partial charge in [-0.05, 0) is 0 Å². The Morgan fingerprint density at radius 2 is 0.970 bits per heavy atom. The lowest BCUT2D eigenvalue weighted by Gasteiger charge is -2.47. The van der Waals surface area contributed by atoms with Crippen LogP contribution < -0.4 is 0 Å². The molecule has 0 aromatic heterocycles. The topological polar surface area (TPSA) is 257 Å². The molecular weight excluding hydrogens is 582 g/mol. The van der Waals surface area contributed by atoms with E-state index in [9.17, 15) is 47.0 Å². The summed E-state index contributed by atoms with van der Waals surface area (Å²) in [5, 5.41) is 0. The third kappa shape index (κ3) is 10.8. The summed E-state index contributed by atoms with van der Waals surface area (Å²) in [6.45, 7) is 1.04. The highest BCUT2D eigenvalue weighted by Gasteiger charge is 2.58. The van der Waals surface area contributed by atoms with Gasteiger partial charge in [-0.3, -0.25) is 27.3 Å². The van der Waals surface area contributed by atoms with E-state index in [1.165, 1.54) is 0 Å². The lowest BCUT2D eigenvalue weighted by molar-refractivity contribution is -0.187. The molecule has 24 heteroatoms. The van der Waals surface area contributed by atoms with Crippen molar-refractivity contribution in [2.75, 3.05) is 20.9 Å². The lowest BCUT2D eigenvalue weighted by atomic mass is 9.85. The van der Waals surface area contributed by atoms with Gasteiger partial charge in [-0.1, -0.05) is 0 Å². The van der Waals surface area contributed by atoms with Gasteiger partial charge >= 0.3 is 40.8 Å². The standard InChI is InChI=1S/C9H24O18P6/c1-20-31(15)25-7-5(23-29(11)12)4(22-28(3)10)6(24-30(13)14)8(26-32(16)21-2)9(7)27-33(17,18)19/h4-9,28-32H,1-3H3,(H,11,12)(H,13,14)(H2,17,18,19). The van der Waals surface area contributed by atoms with Crippen LogP contribution in [0, 0.1) is 0 Å². The Hall–Kier alpha value is 0.900. The van der Waals surface area contributed by atoms with E-state index in [-0.39, 0.29) is 0 Å². The molecule has 1 aliphatic carbocycles. The van der Waals surface area contributed by atoms with E-state index in [0.717, 1.165) is 20.9 Å². The van der Waals surface area contributed by atoms with E-state index in [0.29, 0.717) is 0 Å². The van der Waals surface area contributed by atoms with Crippen LogP contribution in [0.25, 0.3) is 0 Å². The van der Waals surface area contributed by atoms with Crippen LogP contribution in [-0.4, -0.2) is 77.1 Å². The molecule has 33 heavy (non-hydrogen) atoms. The van der Waals surface area contributed by atoms with Crippen LogP contribution in [0.1, 0.15) is 0 Å². The average Bonchev–Trinajstić information content (AvgIpc) is 2.67. The Labute approximate surface area is 190 Å². The van der Waals surface area contributed by atoms with Gasteiger partial charge in [-0.25, -0.2) is 4.57 Å². The molecule has 1 fully saturated rings. The van der Waals surface area contributed by atoms with Gasteiger partial charge in [0.25, 0.3) is 0 Å². The SMILES string of the molecule is CO[PH](=O)OC1C(O[PH](=O)O)C(O[PH](C)=O)C(O[PH](=O)O)C(O[PH](=O)OC)C1OP(=O)(O)O. The van der Waals surface area contributed by atoms with Gasteiger partial charge < -0.3 is 51.2 Å². The molecule has 9 atom stereocenters. The quantitative estimate of drug-likeness (QED) is 0.194. The van der Waals surface area contributed by atoms with Crippen LogP contribution in [0.5, 0.6) is 0 Å². The molecule has 1 rings (SSSR count). The van der Waals surface area contributed by atoms with Crippen LogP contribution in [0.3, 0.4) is 0 Å². The fourth-order valence-corrected chi connectivity index (χ4v) is 6.20. The first-order chi connectivity index (χ1) is 15.2. The lowest BCUT2D eigenvalue weighted by Crippen LogP contribution is -2.65. The maximum atomic E-state index is 12.0. The summed E-state index contributed by atoms with van der Waals surface area (Å²) in [5.74, 6) is 0. The normalized spacial score (nSPS) is 33.2. The molecule has 0 aromatic rings. The first-order valence-corrected chi connectivity index (χ1v) is 16.7. The van der Waals surface area contributed by atoms with E-state index < -0.39 is 85.5 Å². The molecule has 198 valence electrons. The van der Waals surface area contributed by atoms with Gasteiger partial charge in [0.2, 0.25) is 0 Å². The Balaban J connectivity index is 3.77. The summed E-state index contributed by atoms with van der Waals surface area (Å²) in [5.41, 5.74) is 0. The van der Waals surface area contributed by atoms with Crippen LogP contribution in [-0.2, 0) is 63.6 Å². The van der Waals surface area contributed by atoms with Gasteiger partial charge in [0.15, 0.2) is 8.03 Å². The van der Waals surface area contributed by atoms with Crippen molar-refractivity contribution in [3.63, 3.8) is 0 Å². The van der Waals surface area contributed by atoms with Gasteiger partial charge in [0.05, 0.1) is 0 Å². The Bertz CT molecular complexity index is 767. The average molecular weight is 606 g/mol. The van der Waals surface area contributed by atoms with E-state index >= 15 is 0 Å². The predicted molar refractivity (Wildman–Crippen MR) is 111 cm³/mol. The molecule has 0 bridgehead atoms. The molecule has 18 nitrogen and oxygen atoms in total. The summed E-state index contributed by atoms with van der Waals surface area (Å²) in [7, 11) is -21.5. The molecule has 1 saturated carbocycles. The molecule has 0 amide bonds. The van der Waals surface area contributed by atoms with Gasteiger partial charge in [0.1, 0.15) is 36.6 Å². The number of rotatable bonds is 14. The molecule has 9 unspecified atom stereocenters. The van der Waals surface area contributed by atoms with Crippen LogP contribution in [0.2, 0.25) is 0 Å². The van der Waals surface area contributed by atoms with Gasteiger partial charge in [-0.2, -0.15) is 0 Å². The van der Waals surface area contributed by atoms with E-state index in [1.807, 2.05) is 0 Å². The summed E-state index contributed by atoms with van der Waals surface area (Å²) in [6.07, 6.45) is -12.2. The number of hydrogen-bond donors (Lipinski definition) is 4. The number of hydrogen-bond acceptors (Lipinski definition) is 14. The van der Waals surface area contributed by atoms with E-state index in [4.69, 9.17) is 22.6 Å². The fraction of sp³-hybridized carbons (Fsp3) is 1.00. The second kappa shape index (κ2) is 14.6. The first kappa shape index (κ1) is 31.9. The van der Waals surface area contributed by atoms with Crippen LogP contribution >= 0.6 is 48.9 Å². The maximum absolute atomic E-state index is 12.0. The van der Waals surface area contributed by atoms with Crippen molar-refractivity contribution in [1.29, 1.82) is 0 Å². The van der Waals surface area contributed by atoms with Gasteiger partial charge in [0, 0.05) is 20.9 Å². The zero-order valence-corrected chi connectivity index (χ0v) is 22.8. The Kier molecular flexibility index (Phi) is 14.1. The second-order valence-electron chi connectivity index (χ2n) is 5.90. The highest BCUT2D eigenvalue weighted by Crippen LogP contribution is 2.50. The highest BCUT2D eigenvalue weighted by molar-refractivity contribution is 7.46. The molecule has 4 N–H and O–H groups in total. The summed E-state index contributed by atoms with van der Waals surface area (Å²) >= 11 is 0. The van der Waals surface area contributed by atoms with Crippen molar-refractivity contribution < 1.29 is 83.2 Å². The fourth-order valence-electron chi connectivity index (χ4n) is 2.81. The van der Waals surface area contributed by atoms with Crippen molar-refractivity contribution in [1.82, 2.24) is 0 Å². The van der Waals surface area contributed by atoms with Crippen molar-refractivity contribution in [3.8, 4) is 0 Å². The highest BCUT2D eigenvalue weighted by atomic mass is 31.2. The minimum Gasteiger partial charge on any atom is -0.326 e. The van der Waals surface area contributed by atoms with Gasteiger partial charge in [-0.15, -0.1) is 0 Å². The first-order valence-electron chi connectivity index (χ1n) is 8.39. The monoisotopic (exact) mass is 606 g/mol. The van der Waals surface area contributed by atoms with Crippen molar-refractivity contribution >= 4 is 48.9 Å². The second-order valence-corrected chi connectivity index (χ2v) is 12.1. The van der Waals surface area contributed by atoms with Crippen molar-refractivity contribution in [2.45, 2.75) is 36.6 Å². The zero-order chi connectivity index (χ0) is 25.5. The molecule has 0 saturated heterocycles. The van der Waals surface area contributed by atoms with Crippen molar-refractivity contribution in [3.05, 3.63) is 0 Å². The molecular formula is C9H24O18P6. The van der Waals surface area contributed by atoms with Crippen molar-refractivity contribution in [2.24, 2.45) is 0 Å². The molecule has 1 aliphatic rings. The molecule has 0 heterocycles. The summed E-state index contributed by atoms with van der Waals surface area (Å²) < 4.78 is 109. The molecule has 0 spiro atoms. The van der Waals surface area contributed by atoms with E-state index in [2.05, 4.69) is 13.6 Å². The molecule has 0 radical (unpaired) electrons. The zero-order valence-electron chi connectivity index (χ0n) is 16.9. The van der Waals surface area contributed by atoms with Crippen LogP contribution in [0.15, 0.2) is 0 Å². The minimum absolute atomic E-state index is 0.925. The molecule has 0 aliphatic heterocycles. The predicted octanol–water partition coefficient (Wildman–Crippen LogP) is 0.345. The maximum Gasteiger partial charge on any atom is 0.470 e. The third-order valence-electron chi connectivity index (χ3n) is 3.78. The Morgan fingerprint density at radius 3 is 1.24 bits per heavy atom. The molecule has 0 aromatic carbocycles. The summed E-state index contributed by atoms with van der Waals surface area (Å²) in [6, 6.07) is 0. The largest absolute Gasteiger partial charge is 0.470 e. The minimum atomic E-state index is -5.48. The summed E-state index contributed by atoms with van der Waals surface area (Å²) in [4.78, 5) is 37.3. The van der Waals surface area contributed by atoms with Crippen LogP contribution in [0.4, 0.5) is 0 Å². The van der Waals surface area contributed by atoms with E-state index in [1.54, 1.807) is 0 Å². The Morgan fingerprint density at radius 1 is 0.636 bits per heavy atom. The number of phosphoric ester groups is 1. The number of phosphoric acid groups is 1.